The number of carbonyl (C=O) groups excluding carboxylic acids is 2. The first kappa shape index (κ1) is 12.6. The highest BCUT2D eigenvalue weighted by molar-refractivity contribution is 7.08. The first-order chi connectivity index (χ1) is 10.3. The van der Waals surface area contributed by atoms with E-state index in [4.69, 9.17) is 4.42 Å². The summed E-state index contributed by atoms with van der Waals surface area (Å²) in [5, 5.41) is 3.96. The second-order valence-electron chi connectivity index (χ2n) is 5.38. The Bertz CT molecular complexity index is 665. The Balaban J connectivity index is 1.61. The molecule has 108 valence electrons. The van der Waals surface area contributed by atoms with Gasteiger partial charge in [0.25, 0.3) is 5.91 Å². The molecule has 0 N–H and O–H groups in total. The van der Waals surface area contributed by atoms with Crippen LogP contribution in [-0.4, -0.2) is 35.3 Å². The minimum Gasteiger partial charge on any atom is -0.472 e. The molecule has 0 radical (unpaired) electrons. The third-order valence-corrected chi connectivity index (χ3v) is 4.98. The van der Waals surface area contributed by atoms with E-state index in [1.54, 1.807) is 17.4 Å². The predicted octanol–water partition coefficient (Wildman–Crippen LogP) is 2.36. The molecule has 0 unspecified atom stereocenters. The van der Waals surface area contributed by atoms with Crippen molar-refractivity contribution in [2.75, 3.05) is 11.4 Å². The van der Waals surface area contributed by atoms with Crippen LogP contribution in [0, 0.1) is 0 Å². The van der Waals surface area contributed by atoms with E-state index in [0.29, 0.717) is 18.5 Å². The van der Waals surface area contributed by atoms with Crippen molar-refractivity contribution in [1.82, 2.24) is 4.90 Å². The number of anilines is 1. The van der Waals surface area contributed by atoms with Crippen LogP contribution in [0.15, 0.2) is 39.8 Å². The molecule has 5 nitrogen and oxygen atoms in total. The van der Waals surface area contributed by atoms with Gasteiger partial charge in [0.15, 0.2) is 0 Å². The monoisotopic (exact) mass is 302 g/mol. The highest BCUT2D eigenvalue weighted by Crippen LogP contribution is 2.37. The van der Waals surface area contributed by atoms with E-state index in [1.165, 1.54) is 12.5 Å². The fraction of sp³-hybridized carbons (Fsp3) is 0.333. The maximum Gasteiger partial charge on any atom is 0.257 e. The molecular formula is C15H14N2O3S. The second kappa shape index (κ2) is 4.73. The molecule has 0 bridgehead atoms. The number of hydrogen-bond acceptors (Lipinski definition) is 4. The minimum absolute atomic E-state index is 0.0280. The van der Waals surface area contributed by atoms with Crippen LogP contribution >= 0.6 is 11.3 Å². The molecule has 2 fully saturated rings. The first-order valence-electron chi connectivity index (χ1n) is 6.93. The van der Waals surface area contributed by atoms with Crippen molar-refractivity contribution < 1.29 is 14.0 Å². The van der Waals surface area contributed by atoms with E-state index >= 15 is 0 Å². The average Bonchev–Trinajstić information content (AvgIpc) is 3.23. The Hall–Kier alpha value is -2.08. The fourth-order valence-electron chi connectivity index (χ4n) is 3.38. The summed E-state index contributed by atoms with van der Waals surface area (Å²) in [6, 6.07) is 3.71. The molecule has 0 saturated carbocycles. The molecule has 2 aliphatic rings. The topological polar surface area (TPSA) is 53.8 Å². The van der Waals surface area contributed by atoms with E-state index in [9.17, 15) is 9.59 Å². The molecule has 4 rings (SSSR count). The lowest BCUT2D eigenvalue weighted by molar-refractivity contribution is -0.117. The van der Waals surface area contributed by atoms with Crippen molar-refractivity contribution in [3.05, 3.63) is 41.0 Å². The van der Waals surface area contributed by atoms with E-state index in [1.807, 2.05) is 26.6 Å². The SMILES string of the molecule is O=C(c1ccoc1)N1CC[C@H]2[C@H]1CC(=O)N2c1ccsc1. The number of rotatable bonds is 2. The molecule has 0 aliphatic carbocycles. The number of thiophene rings is 1. The molecule has 21 heavy (non-hydrogen) atoms. The van der Waals surface area contributed by atoms with Crippen LogP contribution in [0.1, 0.15) is 23.2 Å². The molecule has 2 saturated heterocycles. The maximum absolute atomic E-state index is 12.5. The van der Waals surface area contributed by atoms with Gasteiger partial charge in [-0.3, -0.25) is 9.59 Å². The summed E-state index contributed by atoms with van der Waals surface area (Å²) in [7, 11) is 0. The lowest BCUT2D eigenvalue weighted by atomic mass is 10.1. The zero-order chi connectivity index (χ0) is 14.4. The number of carbonyl (C=O) groups is 2. The lowest BCUT2D eigenvalue weighted by Crippen LogP contribution is -2.39. The molecule has 2 amide bonds. The van der Waals surface area contributed by atoms with E-state index in [0.717, 1.165) is 12.1 Å². The second-order valence-corrected chi connectivity index (χ2v) is 6.16. The Labute approximate surface area is 125 Å². The average molecular weight is 302 g/mol. The van der Waals surface area contributed by atoms with Crippen LogP contribution in [0.4, 0.5) is 5.69 Å². The van der Waals surface area contributed by atoms with Crippen LogP contribution in [-0.2, 0) is 4.79 Å². The molecule has 4 heterocycles. The first-order valence-corrected chi connectivity index (χ1v) is 7.87. The van der Waals surface area contributed by atoms with Crippen molar-refractivity contribution >= 4 is 28.8 Å². The molecule has 0 spiro atoms. The Morgan fingerprint density at radius 1 is 1.33 bits per heavy atom. The summed E-state index contributed by atoms with van der Waals surface area (Å²) in [6.07, 6.45) is 4.20. The fourth-order valence-corrected chi connectivity index (χ4v) is 4.01. The quantitative estimate of drug-likeness (QED) is 0.855. The van der Waals surface area contributed by atoms with E-state index < -0.39 is 0 Å². The van der Waals surface area contributed by atoms with Crippen molar-refractivity contribution in [1.29, 1.82) is 0 Å². The van der Waals surface area contributed by atoms with Crippen molar-refractivity contribution in [2.45, 2.75) is 24.9 Å². The standard InChI is InChI=1S/C15H14N2O3S/c18-14-7-13-12(17(14)11-3-6-21-9-11)1-4-16(13)15(19)10-2-5-20-8-10/h2-3,5-6,8-9,12-13H,1,4,7H2/t12-,13+/m0/s1. The van der Waals surface area contributed by atoms with Gasteiger partial charge < -0.3 is 14.2 Å². The number of hydrogen-bond donors (Lipinski definition) is 0. The van der Waals surface area contributed by atoms with Crippen LogP contribution in [0.5, 0.6) is 0 Å². The largest absolute Gasteiger partial charge is 0.472 e. The molecule has 6 heteroatoms. The van der Waals surface area contributed by atoms with Gasteiger partial charge in [-0.05, 0) is 23.9 Å². The van der Waals surface area contributed by atoms with Gasteiger partial charge in [0.05, 0.1) is 29.6 Å². The summed E-state index contributed by atoms with van der Waals surface area (Å²) in [5.74, 6) is 0.0595. The zero-order valence-corrected chi connectivity index (χ0v) is 12.1. The van der Waals surface area contributed by atoms with Crippen molar-refractivity contribution in [3.63, 3.8) is 0 Å². The third kappa shape index (κ3) is 1.90. The van der Waals surface area contributed by atoms with Crippen LogP contribution in [0.25, 0.3) is 0 Å². The summed E-state index contributed by atoms with van der Waals surface area (Å²) in [6.45, 7) is 0.688. The molecule has 2 aliphatic heterocycles. The molecule has 2 aromatic heterocycles. The van der Waals surface area contributed by atoms with Gasteiger partial charge in [-0.25, -0.2) is 0 Å². The van der Waals surface area contributed by atoms with Crippen molar-refractivity contribution in [2.24, 2.45) is 0 Å². The van der Waals surface area contributed by atoms with Crippen LogP contribution < -0.4 is 4.90 Å². The smallest absolute Gasteiger partial charge is 0.257 e. The van der Waals surface area contributed by atoms with Gasteiger partial charge in [0, 0.05) is 18.3 Å². The normalized spacial score (nSPS) is 24.7. The minimum atomic E-state index is -0.0452. The van der Waals surface area contributed by atoms with Crippen LogP contribution in [0.3, 0.4) is 0 Å². The number of nitrogens with zero attached hydrogens (tertiary/aromatic N) is 2. The highest BCUT2D eigenvalue weighted by atomic mass is 32.1. The number of fused-ring (bicyclic) bond motifs is 1. The summed E-state index contributed by atoms with van der Waals surface area (Å²) < 4.78 is 4.98. The number of amides is 2. The number of likely N-dealkylation sites (tertiary alicyclic amines) is 1. The lowest BCUT2D eigenvalue weighted by Gasteiger charge is -2.24. The highest BCUT2D eigenvalue weighted by Gasteiger charge is 2.49. The van der Waals surface area contributed by atoms with Gasteiger partial charge in [-0.1, -0.05) is 0 Å². The van der Waals surface area contributed by atoms with Gasteiger partial charge >= 0.3 is 0 Å². The van der Waals surface area contributed by atoms with Gasteiger partial charge in [-0.15, -0.1) is 0 Å². The third-order valence-electron chi connectivity index (χ3n) is 4.31. The Morgan fingerprint density at radius 3 is 2.95 bits per heavy atom. The van der Waals surface area contributed by atoms with E-state index in [-0.39, 0.29) is 23.9 Å². The van der Waals surface area contributed by atoms with Crippen molar-refractivity contribution in [3.8, 4) is 0 Å². The maximum atomic E-state index is 12.5. The summed E-state index contributed by atoms with van der Waals surface area (Å²) in [4.78, 5) is 28.5. The number of furan rings is 1. The van der Waals surface area contributed by atoms with Gasteiger partial charge in [0.2, 0.25) is 5.91 Å². The molecule has 0 aromatic carbocycles. The molecule has 2 aromatic rings. The Morgan fingerprint density at radius 2 is 2.24 bits per heavy atom. The van der Waals surface area contributed by atoms with E-state index in [2.05, 4.69) is 0 Å². The summed E-state index contributed by atoms with van der Waals surface area (Å²) in [5.41, 5.74) is 1.51. The molecular weight excluding hydrogens is 288 g/mol. The predicted molar refractivity (Wildman–Crippen MR) is 78.4 cm³/mol. The molecule has 2 atom stereocenters. The van der Waals surface area contributed by atoms with Gasteiger partial charge in [-0.2, -0.15) is 11.3 Å². The van der Waals surface area contributed by atoms with Gasteiger partial charge in [0.1, 0.15) is 6.26 Å². The summed E-state index contributed by atoms with van der Waals surface area (Å²) >= 11 is 1.58. The van der Waals surface area contributed by atoms with Crippen LogP contribution in [0.2, 0.25) is 0 Å². The zero-order valence-electron chi connectivity index (χ0n) is 11.3. The Kier molecular flexibility index (Phi) is 2.85.